The Labute approximate surface area is 130 Å². The minimum absolute atomic E-state index is 0.271. The van der Waals surface area contributed by atoms with Gasteiger partial charge in [-0.3, -0.25) is 0 Å². The van der Waals surface area contributed by atoms with Gasteiger partial charge in [0, 0.05) is 18.8 Å². The summed E-state index contributed by atoms with van der Waals surface area (Å²) in [6.45, 7) is 2.44. The molecular weight excluding hydrogens is 284 g/mol. The van der Waals surface area contributed by atoms with Crippen LogP contribution >= 0.6 is 11.8 Å². The number of nitrogens with zero attached hydrogens (tertiary/aromatic N) is 2. The number of aliphatic hydroxyl groups is 1. The van der Waals surface area contributed by atoms with Crippen LogP contribution in [-0.2, 0) is 6.42 Å². The largest absolute Gasteiger partial charge is 0.416 e. The average Bonchev–Trinajstić information content (AvgIpc) is 2.95. The Bertz CT molecular complexity index is 516. The van der Waals surface area contributed by atoms with E-state index in [1.807, 2.05) is 18.2 Å². The van der Waals surface area contributed by atoms with E-state index in [1.165, 1.54) is 5.56 Å². The Morgan fingerprint density at radius 3 is 2.71 bits per heavy atom. The molecular formula is C16H22N2O2S. The van der Waals surface area contributed by atoms with Crippen molar-refractivity contribution >= 4 is 11.8 Å². The molecule has 0 saturated heterocycles. The number of benzene rings is 1. The first-order valence-electron chi connectivity index (χ1n) is 7.40. The van der Waals surface area contributed by atoms with Crippen molar-refractivity contribution in [1.29, 1.82) is 0 Å². The highest BCUT2D eigenvalue weighted by molar-refractivity contribution is 7.99. The summed E-state index contributed by atoms with van der Waals surface area (Å²) in [5, 5.41) is 17.6. The summed E-state index contributed by atoms with van der Waals surface area (Å²) in [5.41, 5.74) is 1.29. The lowest BCUT2D eigenvalue weighted by molar-refractivity contribution is 0.284. The van der Waals surface area contributed by atoms with Gasteiger partial charge in [0.2, 0.25) is 5.89 Å². The fourth-order valence-corrected chi connectivity index (χ4v) is 2.87. The van der Waals surface area contributed by atoms with Gasteiger partial charge in [-0.15, -0.1) is 10.2 Å². The van der Waals surface area contributed by atoms with Crippen molar-refractivity contribution in [1.82, 2.24) is 10.2 Å². The van der Waals surface area contributed by atoms with E-state index < -0.39 is 0 Å². The molecule has 21 heavy (non-hydrogen) atoms. The molecule has 1 unspecified atom stereocenters. The SMILES string of the molecule is CC(Cc1nnc(SCCCCCO)o1)c1ccccc1. The topological polar surface area (TPSA) is 59.2 Å². The lowest BCUT2D eigenvalue weighted by Gasteiger charge is -2.08. The van der Waals surface area contributed by atoms with E-state index in [4.69, 9.17) is 9.52 Å². The quantitative estimate of drug-likeness (QED) is 0.566. The first-order chi connectivity index (χ1) is 10.3. The lowest BCUT2D eigenvalue weighted by Crippen LogP contribution is -1.98. The standard InChI is InChI=1S/C16H22N2O2S/c1-13(14-8-4-2-5-9-14)12-15-17-18-16(20-15)21-11-7-3-6-10-19/h2,4-5,8-9,13,19H,3,6-7,10-12H2,1H3. The molecule has 5 heteroatoms. The van der Waals surface area contributed by atoms with Crippen molar-refractivity contribution in [2.45, 2.75) is 43.7 Å². The molecule has 0 aliphatic heterocycles. The molecule has 0 aliphatic rings. The Morgan fingerprint density at radius 1 is 1.14 bits per heavy atom. The highest BCUT2D eigenvalue weighted by atomic mass is 32.2. The summed E-state index contributed by atoms with van der Waals surface area (Å²) >= 11 is 1.59. The molecule has 1 N–H and O–H groups in total. The second-order valence-corrected chi connectivity index (χ2v) is 6.16. The van der Waals surface area contributed by atoms with Gasteiger partial charge in [0.05, 0.1) is 0 Å². The predicted molar refractivity (Wildman–Crippen MR) is 84.5 cm³/mol. The fraction of sp³-hybridized carbons (Fsp3) is 0.500. The number of aromatic nitrogens is 2. The van der Waals surface area contributed by atoms with E-state index in [2.05, 4.69) is 29.3 Å². The summed E-state index contributed by atoms with van der Waals surface area (Å²) in [7, 11) is 0. The first kappa shape index (κ1) is 16.0. The molecule has 1 aromatic carbocycles. The number of hydrogen-bond acceptors (Lipinski definition) is 5. The molecule has 1 heterocycles. The fourth-order valence-electron chi connectivity index (χ4n) is 2.09. The molecule has 0 radical (unpaired) electrons. The van der Waals surface area contributed by atoms with Crippen LogP contribution in [0.5, 0.6) is 0 Å². The Hall–Kier alpha value is -1.33. The Morgan fingerprint density at radius 2 is 1.95 bits per heavy atom. The smallest absolute Gasteiger partial charge is 0.276 e. The number of aliphatic hydroxyl groups excluding tert-OH is 1. The molecule has 4 nitrogen and oxygen atoms in total. The van der Waals surface area contributed by atoms with Gasteiger partial charge in [0.15, 0.2) is 0 Å². The van der Waals surface area contributed by atoms with Gasteiger partial charge in [-0.25, -0.2) is 0 Å². The highest BCUT2D eigenvalue weighted by Gasteiger charge is 2.12. The van der Waals surface area contributed by atoms with Crippen molar-refractivity contribution in [3.8, 4) is 0 Å². The Balaban J connectivity index is 1.77. The lowest BCUT2D eigenvalue weighted by atomic mass is 9.98. The monoisotopic (exact) mass is 306 g/mol. The summed E-state index contributed by atoms with van der Waals surface area (Å²) < 4.78 is 5.67. The predicted octanol–water partition coefficient (Wildman–Crippen LogP) is 3.67. The maximum absolute atomic E-state index is 8.72. The van der Waals surface area contributed by atoms with E-state index >= 15 is 0 Å². The third-order valence-corrected chi connectivity index (χ3v) is 4.23. The van der Waals surface area contributed by atoms with Gasteiger partial charge in [0.1, 0.15) is 0 Å². The van der Waals surface area contributed by atoms with Crippen LogP contribution in [0, 0.1) is 0 Å². The average molecular weight is 306 g/mol. The zero-order valence-corrected chi connectivity index (χ0v) is 13.2. The van der Waals surface area contributed by atoms with Crippen LogP contribution in [0.15, 0.2) is 40.0 Å². The van der Waals surface area contributed by atoms with Crippen LogP contribution in [0.3, 0.4) is 0 Å². The highest BCUT2D eigenvalue weighted by Crippen LogP contribution is 2.22. The van der Waals surface area contributed by atoms with Crippen LogP contribution in [0.2, 0.25) is 0 Å². The zero-order valence-electron chi connectivity index (χ0n) is 12.4. The second-order valence-electron chi connectivity index (χ2n) is 5.11. The third-order valence-electron chi connectivity index (χ3n) is 3.33. The van der Waals surface area contributed by atoms with Crippen molar-refractivity contribution in [3.63, 3.8) is 0 Å². The molecule has 0 fully saturated rings. The minimum atomic E-state index is 0.271. The van der Waals surface area contributed by atoms with E-state index in [9.17, 15) is 0 Å². The number of thioether (sulfide) groups is 1. The van der Waals surface area contributed by atoms with Crippen LogP contribution in [0.1, 0.15) is 43.6 Å². The molecule has 114 valence electrons. The number of rotatable bonds is 9. The van der Waals surface area contributed by atoms with Crippen molar-refractivity contribution in [2.24, 2.45) is 0 Å². The van der Waals surface area contributed by atoms with Gasteiger partial charge in [-0.1, -0.05) is 55.4 Å². The van der Waals surface area contributed by atoms with Crippen molar-refractivity contribution in [2.75, 3.05) is 12.4 Å². The van der Waals surface area contributed by atoms with Crippen LogP contribution in [0.25, 0.3) is 0 Å². The molecule has 0 aliphatic carbocycles. The van der Waals surface area contributed by atoms with E-state index in [-0.39, 0.29) is 6.61 Å². The van der Waals surface area contributed by atoms with Gasteiger partial charge in [0.25, 0.3) is 5.22 Å². The van der Waals surface area contributed by atoms with Crippen LogP contribution in [0.4, 0.5) is 0 Å². The number of unbranched alkanes of at least 4 members (excludes halogenated alkanes) is 2. The molecule has 0 spiro atoms. The molecule has 1 atom stereocenters. The molecule has 2 aromatic rings. The van der Waals surface area contributed by atoms with Crippen LogP contribution < -0.4 is 0 Å². The summed E-state index contributed by atoms with van der Waals surface area (Å²) in [4.78, 5) is 0. The molecule has 0 amide bonds. The van der Waals surface area contributed by atoms with E-state index in [0.717, 1.165) is 31.4 Å². The summed E-state index contributed by atoms with van der Waals surface area (Å²) in [6, 6.07) is 10.4. The molecule has 2 rings (SSSR count). The molecule has 0 bridgehead atoms. The van der Waals surface area contributed by atoms with E-state index in [0.29, 0.717) is 17.0 Å². The maximum Gasteiger partial charge on any atom is 0.276 e. The van der Waals surface area contributed by atoms with Gasteiger partial charge < -0.3 is 9.52 Å². The van der Waals surface area contributed by atoms with Gasteiger partial charge >= 0.3 is 0 Å². The molecule has 1 aromatic heterocycles. The minimum Gasteiger partial charge on any atom is -0.416 e. The third kappa shape index (κ3) is 5.52. The summed E-state index contributed by atoms with van der Waals surface area (Å²) in [6.07, 6.45) is 3.73. The summed E-state index contributed by atoms with van der Waals surface area (Å²) in [5.74, 6) is 2.02. The second kappa shape index (κ2) is 8.85. The van der Waals surface area contributed by atoms with E-state index in [1.54, 1.807) is 11.8 Å². The van der Waals surface area contributed by atoms with Gasteiger partial charge in [-0.2, -0.15) is 0 Å². The van der Waals surface area contributed by atoms with Gasteiger partial charge in [-0.05, 0) is 24.3 Å². The maximum atomic E-state index is 8.72. The first-order valence-corrected chi connectivity index (χ1v) is 8.39. The molecule has 0 saturated carbocycles. The van der Waals surface area contributed by atoms with Crippen molar-refractivity contribution in [3.05, 3.63) is 41.8 Å². The Kier molecular flexibility index (Phi) is 6.76. The normalized spacial score (nSPS) is 12.5. The zero-order chi connectivity index (χ0) is 14.9. The van der Waals surface area contributed by atoms with Crippen molar-refractivity contribution < 1.29 is 9.52 Å². The van der Waals surface area contributed by atoms with Crippen LogP contribution in [-0.4, -0.2) is 27.7 Å². The number of hydrogen-bond donors (Lipinski definition) is 1.